The predicted octanol–water partition coefficient (Wildman–Crippen LogP) is 2.69. The minimum atomic E-state index is -0.376. The zero-order chi connectivity index (χ0) is 20.5. The molecule has 29 heavy (non-hydrogen) atoms. The molecule has 1 aromatic heterocycles. The zero-order valence-electron chi connectivity index (χ0n) is 16.0. The molecule has 4 rings (SSSR count). The van der Waals surface area contributed by atoms with Gasteiger partial charge < -0.3 is 19.6 Å². The van der Waals surface area contributed by atoms with Crippen LogP contribution in [-0.4, -0.2) is 18.2 Å². The van der Waals surface area contributed by atoms with Gasteiger partial charge in [0.25, 0.3) is 0 Å². The van der Waals surface area contributed by atoms with Gasteiger partial charge in [-0.1, -0.05) is 23.7 Å². The molecule has 0 amide bonds. The van der Waals surface area contributed by atoms with Gasteiger partial charge in [0.2, 0.25) is 0 Å². The van der Waals surface area contributed by atoms with E-state index in [-0.39, 0.29) is 22.4 Å². The third-order valence-electron chi connectivity index (χ3n) is 5.39. The van der Waals surface area contributed by atoms with Crippen LogP contribution in [-0.2, 0) is 30.7 Å². The number of carbonyl (C=O) groups is 1. The van der Waals surface area contributed by atoms with Crippen LogP contribution < -0.4 is 10.9 Å². The van der Waals surface area contributed by atoms with E-state index in [0.29, 0.717) is 29.8 Å². The van der Waals surface area contributed by atoms with Gasteiger partial charge in [-0.2, -0.15) is 0 Å². The molecule has 0 aliphatic heterocycles. The molecule has 6 nitrogen and oxygen atoms in total. The maximum Gasteiger partial charge on any atom is 0.339 e. The molecule has 7 heteroatoms. The number of rotatable bonds is 5. The first-order valence-electron chi connectivity index (χ1n) is 9.47. The number of nitrogens with two attached hydrogens (primary N) is 1. The van der Waals surface area contributed by atoms with E-state index in [2.05, 4.69) is 0 Å². The molecule has 1 aliphatic rings. The summed E-state index contributed by atoms with van der Waals surface area (Å²) in [6.45, 7) is 1.01. The Morgan fingerprint density at radius 3 is 2.66 bits per heavy atom. The Kier molecular flexibility index (Phi) is 5.30. The van der Waals surface area contributed by atoms with Crippen molar-refractivity contribution in [3.8, 4) is 5.75 Å². The van der Waals surface area contributed by atoms with Crippen LogP contribution in [0.25, 0.3) is 11.0 Å². The molecule has 3 aromatic rings. The van der Waals surface area contributed by atoms with E-state index in [0.717, 1.165) is 41.3 Å². The number of esters is 1. The first-order chi connectivity index (χ1) is 14.0. The summed E-state index contributed by atoms with van der Waals surface area (Å²) >= 11 is 6.26. The van der Waals surface area contributed by atoms with Crippen molar-refractivity contribution in [3.05, 3.63) is 73.6 Å². The highest BCUT2D eigenvalue weighted by atomic mass is 35.5. The third kappa shape index (κ3) is 3.61. The molecule has 0 radical (unpaired) electrons. The summed E-state index contributed by atoms with van der Waals surface area (Å²) in [6.07, 6.45) is 2.45. The van der Waals surface area contributed by atoms with E-state index in [1.165, 1.54) is 7.11 Å². The maximum atomic E-state index is 12.4. The normalized spacial score (nSPS) is 12.9. The summed E-state index contributed by atoms with van der Waals surface area (Å²) in [7, 11) is 1.35. The summed E-state index contributed by atoms with van der Waals surface area (Å²) in [4.78, 5) is 23.9. The van der Waals surface area contributed by atoms with E-state index in [1.54, 1.807) is 18.2 Å². The molecule has 0 spiro atoms. The topological polar surface area (TPSA) is 93.4 Å². The van der Waals surface area contributed by atoms with Crippen LogP contribution in [0.2, 0.25) is 5.02 Å². The number of aryl methyl sites for hydroxylation is 1. The van der Waals surface area contributed by atoms with Gasteiger partial charge in [0.05, 0.1) is 23.3 Å². The lowest BCUT2D eigenvalue weighted by Crippen LogP contribution is -2.80. The molecule has 0 atom stereocenters. The number of hydrogen-bond donors (Lipinski definition) is 2. The van der Waals surface area contributed by atoms with Gasteiger partial charge in [0, 0.05) is 16.5 Å². The van der Waals surface area contributed by atoms with Crippen molar-refractivity contribution in [2.24, 2.45) is 0 Å². The number of phenols is 1. The van der Waals surface area contributed by atoms with Gasteiger partial charge in [-0.15, -0.1) is 0 Å². The summed E-state index contributed by atoms with van der Waals surface area (Å²) in [5.41, 5.74) is 3.81. The van der Waals surface area contributed by atoms with Crippen molar-refractivity contribution in [1.82, 2.24) is 0 Å². The van der Waals surface area contributed by atoms with Crippen molar-refractivity contribution in [2.75, 3.05) is 7.11 Å². The van der Waals surface area contributed by atoms with Crippen molar-refractivity contribution in [3.63, 3.8) is 0 Å². The summed E-state index contributed by atoms with van der Waals surface area (Å²) in [6, 6.07) is 8.82. The highest BCUT2D eigenvalue weighted by Gasteiger charge is 2.24. The molecule has 3 N–H and O–H groups in total. The van der Waals surface area contributed by atoms with Gasteiger partial charge in [-0.3, -0.25) is 0 Å². The highest BCUT2D eigenvalue weighted by molar-refractivity contribution is 6.33. The molecular formula is C22H21ClNO5+. The van der Waals surface area contributed by atoms with Gasteiger partial charge in [-0.05, 0) is 43.0 Å². The number of fused-ring (bicyclic) bond motifs is 3. The molecule has 2 aromatic carbocycles. The lowest BCUT2D eigenvalue weighted by atomic mass is 10.0. The number of halogens is 1. The number of phenolic OH excluding ortho intramolecular Hbond substituents is 1. The number of quaternary nitrogens is 1. The minimum absolute atomic E-state index is 0.0578. The van der Waals surface area contributed by atoms with Crippen LogP contribution in [0.15, 0.2) is 39.5 Å². The van der Waals surface area contributed by atoms with Crippen LogP contribution in [0.5, 0.6) is 5.75 Å². The van der Waals surface area contributed by atoms with Crippen molar-refractivity contribution in [1.29, 1.82) is 0 Å². The SMILES string of the molecule is COC(=O)c1ccc(C[NH2+]Cc2c(O)c(Cl)cc3c4c(c(=O)oc23)CCC4)cc1. The maximum absolute atomic E-state index is 12.4. The number of carbonyl (C=O) groups excluding carboxylic acids is 1. The van der Waals surface area contributed by atoms with E-state index >= 15 is 0 Å². The van der Waals surface area contributed by atoms with E-state index in [4.69, 9.17) is 20.8 Å². The second-order valence-electron chi connectivity index (χ2n) is 7.15. The molecule has 0 saturated heterocycles. The Balaban J connectivity index is 1.59. The Bertz CT molecular complexity index is 1150. The van der Waals surface area contributed by atoms with Crippen LogP contribution in [0.1, 0.15) is 39.0 Å². The van der Waals surface area contributed by atoms with Crippen LogP contribution >= 0.6 is 11.6 Å². The molecule has 0 fully saturated rings. The van der Waals surface area contributed by atoms with Gasteiger partial charge >= 0.3 is 11.6 Å². The number of aromatic hydroxyl groups is 1. The van der Waals surface area contributed by atoms with Gasteiger partial charge in [0.1, 0.15) is 18.8 Å². The van der Waals surface area contributed by atoms with Crippen molar-refractivity contribution < 1.29 is 24.4 Å². The predicted molar refractivity (Wildman–Crippen MR) is 108 cm³/mol. The zero-order valence-corrected chi connectivity index (χ0v) is 16.7. The quantitative estimate of drug-likeness (QED) is 0.494. The number of hydrogen-bond acceptors (Lipinski definition) is 5. The number of methoxy groups -OCH3 is 1. The minimum Gasteiger partial charge on any atom is -0.506 e. The largest absolute Gasteiger partial charge is 0.506 e. The van der Waals surface area contributed by atoms with E-state index in [1.807, 2.05) is 17.4 Å². The molecule has 0 saturated carbocycles. The second kappa shape index (κ2) is 7.89. The lowest BCUT2D eigenvalue weighted by molar-refractivity contribution is -0.686. The Labute approximate surface area is 172 Å². The van der Waals surface area contributed by atoms with E-state index < -0.39 is 0 Å². The van der Waals surface area contributed by atoms with Crippen LogP contribution in [0, 0.1) is 0 Å². The molecule has 0 unspecified atom stereocenters. The Hall–Kier alpha value is -2.83. The fraction of sp³-hybridized carbons (Fsp3) is 0.273. The Morgan fingerprint density at radius 1 is 1.21 bits per heavy atom. The molecule has 1 aliphatic carbocycles. The van der Waals surface area contributed by atoms with Crippen LogP contribution in [0.4, 0.5) is 0 Å². The molecule has 150 valence electrons. The van der Waals surface area contributed by atoms with Crippen molar-refractivity contribution in [2.45, 2.75) is 32.4 Å². The summed E-state index contributed by atoms with van der Waals surface area (Å²) in [5.74, 6) is -0.434. The molecule has 0 bridgehead atoms. The monoisotopic (exact) mass is 414 g/mol. The van der Waals surface area contributed by atoms with Crippen molar-refractivity contribution >= 4 is 28.5 Å². The fourth-order valence-electron chi connectivity index (χ4n) is 3.90. The lowest BCUT2D eigenvalue weighted by Gasteiger charge is -2.11. The highest BCUT2D eigenvalue weighted by Crippen LogP contribution is 2.37. The standard InChI is InChI=1S/C22H20ClNO5/c1-28-21(26)13-7-5-12(6-8-13)10-24-11-17-19(25)18(23)9-16-14-3-2-4-15(14)22(27)29-20(16)17/h5-9,24-25H,2-4,10-11H2,1H3/p+1. The molecular weight excluding hydrogens is 394 g/mol. The van der Waals surface area contributed by atoms with Gasteiger partial charge in [0.15, 0.2) is 5.58 Å². The summed E-state index contributed by atoms with van der Waals surface area (Å²) in [5, 5.41) is 13.5. The Morgan fingerprint density at radius 2 is 1.93 bits per heavy atom. The average molecular weight is 415 g/mol. The number of benzene rings is 2. The smallest absolute Gasteiger partial charge is 0.339 e. The number of ether oxygens (including phenoxy) is 1. The van der Waals surface area contributed by atoms with E-state index in [9.17, 15) is 14.7 Å². The average Bonchev–Trinajstić information content (AvgIpc) is 3.22. The van der Waals surface area contributed by atoms with Crippen LogP contribution in [0.3, 0.4) is 0 Å². The van der Waals surface area contributed by atoms with Gasteiger partial charge in [-0.25, -0.2) is 9.59 Å². The molecule has 1 heterocycles. The fourth-order valence-corrected chi connectivity index (χ4v) is 4.13. The third-order valence-corrected chi connectivity index (χ3v) is 5.68. The summed E-state index contributed by atoms with van der Waals surface area (Å²) < 4.78 is 10.3. The first kappa shape index (κ1) is 19.5. The second-order valence-corrected chi connectivity index (χ2v) is 7.56. The first-order valence-corrected chi connectivity index (χ1v) is 9.85.